The van der Waals surface area contributed by atoms with Crippen LogP contribution in [0.1, 0.15) is 32.6 Å². The Balaban J connectivity index is 2.08. The monoisotopic (exact) mass is 303 g/mol. The lowest BCUT2D eigenvalue weighted by Gasteiger charge is -2.40. The van der Waals surface area contributed by atoms with E-state index in [2.05, 4.69) is 12.2 Å². The summed E-state index contributed by atoms with van der Waals surface area (Å²) in [5.74, 6) is 0.752. The zero-order valence-electron chi connectivity index (χ0n) is 14.0. The summed E-state index contributed by atoms with van der Waals surface area (Å²) in [6.45, 7) is 7.02. The molecule has 1 N–H and O–H groups in total. The van der Waals surface area contributed by atoms with Gasteiger partial charge in [-0.3, -0.25) is 0 Å². The standard InChI is InChI=1S/C16H33NO4/c1-15-5-4-6-16(13-15,14-17-2)21-12-11-20-10-9-19-8-7-18-3/h15,17H,4-14H2,1-3H3. The SMILES string of the molecule is CNCC1(OCCOCCOCCOC)CCCC(C)C1. The fraction of sp³-hybridized carbons (Fsp3) is 1.00. The molecular formula is C16H33NO4. The smallest absolute Gasteiger partial charge is 0.0809 e. The van der Waals surface area contributed by atoms with E-state index in [9.17, 15) is 0 Å². The van der Waals surface area contributed by atoms with Crippen molar-refractivity contribution in [2.45, 2.75) is 38.2 Å². The molecule has 5 nitrogen and oxygen atoms in total. The Hall–Kier alpha value is -0.200. The van der Waals surface area contributed by atoms with E-state index in [4.69, 9.17) is 18.9 Å². The van der Waals surface area contributed by atoms with Crippen molar-refractivity contribution in [3.63, 3.8) is 0 Å². The molecule has 1 fully saturated rings. The molecule has 1 rings (SSSR count). The second-order valence-electron chi connectivity index (χ2n) is 5.98. The molecule has 0 bridgehead atoms. The molecule has 21 heavy (non-hydrogen) atoms. The van der Waals surface area contributed by atoms with Crippen molar-refractivity contribution < 1.29 is 18.9 Å². The number of nitrogens with one attached hydrogen (secondary N) is 1. The van der Waals surface area contributed by atoms with Gasteiger partial charge in [-0.15, -0.1) is 0 Å². The fourth-order valence-corrected chi connectivity index (χ4v) is 3.06. The third-order valence-corrected chi connectivity index (χ3v) is 3.99. The predicted octanol–water partition coefficient (Wildman–Crippen LogP) is 1.85. The van der Waals surface area contributed by atoms with Crippen LogP contribution in [0, 0.1) is 5.92 Å². The molecule has 0 aromatic carbocycles. The molecule has 0 amide bonds. The topological polar surface area (TPSA) is 49.0 Å². The van der Waals surface area contributed by atoms with E-state index in [0.717, 1.165) is 25.3 Å². The van der Waals surface area contributed by atoms with Crippen LogP contribution in [0.5, 0.6) is 0 Å². The van der Waals surface area contributed by atoms with Crippen LogP contribution in [0.4, 0.5) is 0 Å². The minimum absolute atomic E-state index is 0.00470. The van der Waals surface area contributed by atoms with Crippen molar-refractivity contribution >= 4 is 0 Å². The minimum Gasteiger partial charge on any atom is -0.382 e. The lowest BCUT2D eigenvalue weighted by atomic mass is 9.78. The summed E-state index contributed by atoms with van der Waals surface area (Å²) >= 11 is 0. The summed E-state index contributed by atoms with van der Waals surface area (Å²) in [6, 6.07) is 0. The van der Waals surface area contributed by atoms with Gasteiger partial charge in [0.25, 0.3) is 0 Å². The average Bonchev–Trinajstić information content (AvgIpc) is 2.46. The largest absolute Gasteiger partial charge is 0.382 e. The van der Waals surface area contributed by atoms with Gasteiger partial charge in [0.05, 0.1) is 45.2 Å². The fourth-order valence-electron chi connectivity index (χ4n) is 3.06. The van der Waals surface area contributed by atoms with E-state index < -0.39 is 0 Å². The van der Waals surface area contributed by atoms with Crippen molar-refractivity contribution in [3.05, 3.63) is 0 Å². The highest BCUT2D eigenvalue weighted by atomic mass is 16.6. The van der Waals surface area contributed by atoms with E-state index in [0.29, 0.717) is 39.6 Å². The Kier molecular flexibility index (Phi) is 10.2. The molecule has 0 saturated heterocycles. The molecule has 5 heteroatoms. The third-order valence-electron chi connectivity index (χ3n) is 3.99. The number of likely N-dealkylation sites (N-methyl/N-ethyl adjacent to an activating group) is 1. The summed E-state index contributed by atoms with van der Waals surface area (Å²) in [5, 5.41) is 3.28. The van der Waals surface area contributed by atoms with Crippen LogP contribution in [0.25, 0.3) is 0 Å². The van der Waals surface area contributed by atoms with Gasteiger partial charge >= 0.3 is 0 Å². The quantitative estimate of drug-likeness (QED) is 0.558. The summed E-state index contributed by atoms with van der Waals surface area (Å²) in [4.78, 5) is 0. The second-order valence-corrected chi connectivity index (χ2v) is 5.98. The van der Waals surface area contributed by atoms with Gasteiger partial charge in [0, 0.05) is 13.7 Å². The molecule has 0 radical (unpaired) electrons. The number of hydrogen-bond donors (Lipinski definition) is 1. The number of methoxy groups -OCH3 is 1. The zero-order valence-corrected chi connectivity index (χ0v) is 14.0. The molecule has 126 valence electrons. The maximum atomic E-state index is 6.18. The molecular weight excluding hydrogens is 270 g/mol. The average molecular weight is 303 g/mol. The normalized spacial score (nSPS) is 26.1. The maximum Gasteiger partial charge on any atom is 0.0809 e. The molecule has 0 heterocycles. The van der Waals surface area contributed by atoms with Gasteiger partial charge in [-0.05, 0) is 25.8 Å². The highest BCUT2D eigenvalue weighted by Crippen LogP contribution is 2.34. The summed E-state index contributed by atoms with van der Waals surface area (Å²) in [7, 11) is 3.67. The van der Waals surface area contributed by atoms with E-state index in [1.165, 1.54) is 12.8 Å². The van der Waals surface area contributed by atoms with E-state index in [1.807, 2.05) is 7.05 Å². The zero-order chi connectivity index (χ0) is 15.4. The number of hydrogen-bond acceptors (Lipinski definition) is 5. The van der Waals surface area contributed by atoms with Crippen molar-refractivity contribution in [2.24, 2.45) is 5.92 Å². The van der Waals surface area contributed by atoms with E-state index in [-0.39, 0.29) is 5.60 Å². The minimum atomic E-state index is 0.00470. The van der Waals surface area contributed by atoms with Crippen molar-refractivity contribution in [3.8, 4) is 0 Å². The predicted molar refractivity (Wildman–Crippen MR) is 83.8 cm³/mol. The lowest BCUT2D eigenvalue weighted by molar-refractivity contribution is -0.0970. The van der Waals surface area contributed by atoms with Crippen LogP contribution >= 0.6 is 0 Å². The van der Waals surface area contributed by atoms with Gasteiger partial charge in [-0.25, -0.2) is 0 Å². The van der Waals surface area contributed by atoms with Crippen LogP contribution in [-0.4, -0.2) is 65.9 Å². The summed E-state index contributed by atoms with van der Waals surface area (Å²) in [5.41, 5.74) is 0.00470. The first-order valence-corrected chi connectivity index (χ1v) is 8.15. The maximum absolute atomic E-state index is 6.18. The van der Waals surface area contributed by atoms with E-state index in [1.54, 1.807) is 7.11 Å². The van der Waals surface area contributed by atoms with Gasteiger partial charge in [0.15, 0.2) is 0 Å². The van der Waals surface area contributed by atoms with Gasteiger partial charge in [0.2, 0.25) is 0 Å². The molecule has 0 aromatic heterocycles. The van der Waals surface area contributed by atoms with Crippen LogP contribution in [0.2, 0.25) is 0 Å². The molecule has 1 aliphatic carbocycles. The first-order valence-electron chi connectivity index (χ1n) is 8.15. The molecule has 0 spiro atoms. The number of ether oxygens (including phenoxy) is 4. The van der Waals surface area contributed by atoms with Crippen molar-refractivity contribution in [2.75, 3.05) is 60.3 Å². The van der Waals surface area contributed by atoms with Crippen LogP contribution < -0.4 is 5.32 Å². The van der Waals surface area contributed by atoms with Gasteiger partial charge in [-0.1, -0.05) is 19.8 Å². The first-order chi connectivity index (χ1) is 10.2. The highest BCUT2D eigenvalue weighted by Gasteiger charge is 2.35. The van der Waals surface area contributed by atoms with Gasteiger partial charge in [-0.2, -0.15) is 0 Å². The van der Waals surface area contributed by atoms with Gasteiger partial charge in [0.1, 0.15) is 0 Å². The van der Waals surface area contributed by atoms with Crippen molar-refractivity contribution in [1.82, 2.24) is 5.32 Å². The number of rotatable bonds is 12. The Morgan fingerprint density at radius 3 is 2.33 bits per heavy atom. The second kappa shape index (κ2) is 11.4. The first kappa shape index (κ1) is 18.8. The molecule has 2 unspecified atom stereocenters. The Bertz CT molecular complexity index is 248. The summed E-state index contributed by atoms with van der Waals surface area (Å²) in [6.07, 6.45) is 4.88. The van der Waals surface area contributed by atoms with Crippen LogP contribution in [0.15, 0.2) is 0 Å². The molecule has 1 saturated carbocycles. The molecule has 1 aliphatic rings. The Morgan fingerprint density at radius 2 is 1.71 bits per heavy atom. The highest BCUT2D eigenvalue weighted by molar-refractivity contribution is 4.88. The lowest BCUT2D eigenvalue weighted by Crippen LogP contribution is -2.46. The summed E-state index contributed by atoms with van der Waals surface area (Å²) < 4.78 is 22.0. The Morgan fingerprint density at radius 1 is 1.05 bits per heavy atom. The van der Waals surface area contributed by atoms with Gasteiger partial charge < -0.3 is 24.3 Å². The molecule has 0 aromatic rings. The van der Waals surface area contributed by atoms with Crippen molar-refractivity contribution in [1.29, 1.82) is 0 Å². The van der Waals surface area contributed by atoms with E-state index >= 15 is 0 Å². The molecule has 0 aliphatic heterocycles. The molecule has 2 atom stereocenters. The third kappa shape index (κ3) is 8.12. The van der Waals surface area contributed by atoms with Crippen LogP contribution in [0.3, 0.4) is 0 Å². The Labute approximate surface area is 129 Å². The van der Waals surface area contributed by atoms with Crippen LogP contribution in [-0.2, 0) is 18.9 Å².